The number of nitrogens with zero attached hydrogens (tertiary/aromatic N) is 1. The topological polar surface area (TPSA) is 76.1 Å². The maximum Gasteiger partial charge on any atom is 0.410 e. The molecule has 182 valence electrons. The first kappa shape index (κ1) is 24.5. The number of carboxylic acid groups (broad SMARTS) is 1. The maximum absolute atomic E-state index is 14.7. The Morgan fingerprint density at radius 2 is 1.83 bits per heavy atom. The molecular weight excluding hydrogens is 480 g/mol. The first-order valence-electron chi connectivity index (χ1n) is 10.9. The Kier molecular flexibility index (Phi) is 7.51. The van der Waals surface area contributed by atoms with Crippen molar-refractivity contribution in [3.05, 3.63) is 99.6 Å². The van der Waals surface area contributed by atoms with Crippen LogP contribution < -0.4 is 4.74 Å². The minimum absolute atomic E-state index is 0.0487. The van der Waals surface area contributed by atoms with Crippen LogP contribution in [0, 0.1) is 11.6 Å². The second-order valence-electron chi connectivity index (χ2n) is 7.99. The highest BCUT2D eigenvalue weighted by atomic mass is 35.5. The Bertz CT molecular complexity index is 1240. The number of amides is 1. The van der Waals surface area contributed by atoms with Crippen LogP contribution in [-0.2, 0) is 22.4 Å². The monoisotopic (exact) mass is 501 g/mol. The van der Waals surface area contributed by atoms with Crippen LogP contribution in [0.5, 0.6) is 5.75 Å². The lowest BCUT2D eigenvalue weighted by atomic mass is 9.87. The zero-order valence-corrected chi connectivity index (χ0v) is 19.3. The number of halogens is 3. The summed E-state index contributed by atoms with van der Waals surface area (Å²) in [6.45, 7) is -0.463. The number of rotatable bonds is 7. The van der Waals surface area contributed by atoms with Crippen molar-refractivity contribution in [2.75, 3.05) is 19.8 Å². The molecule has 1 heterocycles. The molecule has 1 atom stereocenters. The number of carboxylic acids is 1. The Morgan fingerprint density at radius 3 is 2.57 bits per heavy atom. The molecule has 1 N–H and O–H groups in total. The normalized spacial score (nSPS) is 14.8. The molecule has 0 saturated heterocycles. The summed E-state index contributed by atoms with van der Waals surface area (Å²) in [6.07, 6.45) is -0.0636. The minimum atomic E-state index is -1.19. The highest BCUT2D eigenvalue weighted by Crippen LogP contribution is 2.41. The fourth-order valence-corrected chi connectivity index (χ4v) is 4.35. The van der Waals surface area contributed by atoms with Gasteiger partial charge in [0.25, 0.3) is 0 Å². The quantitative estimate of drug-likeness (QED) is 0.468. The van der Waals surface area contributed by atoms with E-state index in [9.17, 15) is 18.4 Å². The number of fused-ring (bicyclic) bond motifs is 1. The van der Waals surface area contributed by atoms with Crippen LogP contribution in [-0.4, -0.2) is 41.8 Å². The van der Waals surface area contributed by atoms with Crippen molar-refractivity contribution in [1.29, 1.82) is 0 Å². The first-order valence-corrected chi connectivity index (χ1v) is 11.3. The minimum Gasteiger partial charge on any atom is -0.482 e. The lowest BCUT2D eigenvalue weighted by Crippen LogP contribution is -2.41. The number of carbonyl (C=O) groups is 2. The Morgan fingerprint density at radius 1 is 1.06 bits per heavy atom. The molecule has 1 amide bonds. The van der Waals surface area contributed by atoms with E-state index in [1.165, 1.54) is 29.2 Å². The van der Waals surface area contributed by atoms with Gasteiger partial charge < -0.3 is 14.6 Å². The third-order valence-electron chi connectivity index (χ3n) is 5.75. The summed E-state index contributed by atoms with van der Waals surface area (Å²) in [5.74, 6) is -3.02. The van der Waals surface area contributed by atoms with E-state index < -0.39 is 36.3 Å². The number of hydrogen-bond acceptors (Lipinski definition) is 4. The third-order valence-corrected chi connectivity index (χ3v) is 5.99. The predicted molar refractivity (Wildman–Crippen MR) is 125 cm³/mol. The number of ether oxygens (including phenoxy) is 2. The van der Waals surface area contributed by atoms with Gasteiger partial charge in [-0.1, -0.05) is 48.0 Å². The van der Waals surface area contributed by atoms with Crippen molar-refractivity contribution in [3.63, 3.8) is 0 Å². The Hall–Kier alpha value is -3.65. The molecule has 35 heavy (non-hydrogen) atoms. The summed E-state index contributed by atoms with van der Waals surface area (Å²) in [4.78, 5) is 25.6. The van der Waals surface area contributed by atoms with E-state index >= 15 is 0 Å². The van der Waals surface area contributed by atoms with E-state index in [2.05, 4.69) is 0 Å². The lowest BCUT2D eigenvalue weighted by Gasteiger charge is -2.37. The van der Waals surface area contributed by atoms with Crippen molar-refractivity contribution in [2.45, 2.75) is 18.9 Å². The molecule has 4 rings (SSSR count). The molecule has 0 saturated carbocycles. The largest absolute Gasteiger partial charge is 0.482 e. The van der Waals surface area contributed by atoms with E-state index in [1.54, 1.807) is 0 Å². The molecular formula is C26H22ClF2NO5. The third kappa shape index (κ3) is 5.54. The van der Waals surface area contributed by atoms with Crippen molar-refractivity contribution >= 4 is 23.7 Å². The molecule has 9 heteroatoms. The molecule has 1 unspecified atom stereocenters. The van der Waals surface area contributed by atoms with E-state index in [1.807, 2.05) is 30.3 Å². The second-order valence-corrected chi connectivity index (χ2v) is 8.43. The van der Waals surface area contributed by atoms with Crippen molar-refractivity contribution in [1.82, 2.24) is 4.90 Å². The van der Waals surface area contributed by atoms with Crippen LogP contribution in [0.3, 0.4) is 0 Å². The molecule has 0 aliphatic carbocycles. The van der Waals surface area contributed by atoms with Gasteiger partial charge in [-0.05, 0) is 47.4 Å². The van der Waals surface area contributed by atoms with Gasteiger partial charge in [-0.15, -0.1) is 0 Å². The van der Waals surface area contributed by atoms with E-state index in [4.69, 9.17) is 26.2 Å². The van der Waals surface area contributed by atoms with Crippen molar-refractivity contribution in [2.24, 2.45) is 0 Å². The smallest absolute Gasteiger partial charge is 0.410 e. The number of hydrogen-bond donors (Lipinski definition) is 1. The van der Waals surface area contributed by atoms with Crippen LogP contribution in [0.1, 0.15) is 28.3 Å². The SMILES string of the molecule is O=C(O)COc1ccc(Cl)cc1C1c2ccc(F)c(F)c2CCN1C(=O)OCCc1ccccc1. The molecule has 0 fully saturated rings. The Labute approximate surface area is 205 Å². The second kappa shape index (κ2) is 10.7. The summed E-state index contributed by atoms with van der Waals surface area (Å²) < 4.78 is 39.6. The van der Waals surface area contributed by atoms with Crippen molar-refractivity contribution in [3.8, 4) is 5.75 Å². The molecule has 1 aliphatic heterocycles. The zero-order chi connectivity index (χ0) is 24.9. The molecule has 0 bridgehead atoms. The molecule has 1 aliphatic rings. The summed E-state index contributed by atoms with van der Waals surface area (Å²) in [5.41, 5.74) is 1.81. The fourth-order valence-electron chi connectivity index (χ4n) is 4.17. The van der Waals surface area contributed by atoms with E-state index in [-0.39, 0.29) is 30.9 Å². The number of benzene rings is 3. The van der Waals surface area contributed by atoms with Crippen LogP contribution in [0.15, 0.2) is 60.7 Å². The zero-order valence-electron chi connectivity index (χ0n) is 18.5. The average Bonchev–Trinajstić information content (AvgIpc) is 2.85. The van der Waals surface area contributed by atoms with E-state index in [0.29, 0.717) is 22.6 Å². The highest BCUT2D eigenvalue weighted by Gasteiger charge is 2.37. The van der Waals surface area contributed by atoms with E-state index in [0.717, 1.165) is 11.6 Å². The summed E-state index contributed by atoms with van der Waals surface area (Å²) in [6, 6.07) is 15.5. The van der Waals surface area contributed by atoms with Crippen LogP contribution in [0.2, 0.25) is 5.02 Å². The highest BCUT2D eigenvalue weighted by molar-refractivity contribution is 6.30. The maximum atomic E-state index is 14.7. The summed E-state index contributed by atoms with van der Waals surface area (Å²) in [5, 5.41) is 9.36. The standard InChI is InChI=1S/C26H22ClF2NO5/c27-17-6-9-22(35-15-23(31)32)20(14-17)25-19-7-8-21(28)24(29)18(19)10-12-30(25)26(33)34-13-11-16-4-2-1-3-5-16/h1-9,14,25H,10-13,15H2,(H,31,32). The van der Waals surface area contributed by atoms with Gasteiger partial charge in [-0.25, -0.2) is 18.4 Å². The van der Waals surface area contributed by atoms with Gasteiger partial charge in [-0.3, -0.25) is 4.90 Å². The van der Waals surface area contributed by atoms with Crippen LogP contribution in [0.4, 0.5) is 13.6 Å². The summed E-state index contributed by atoms with van der Waals surface area (Å²) >= 11 is 6.22. The Balaban J connectivity index is 1.69. The van der Waals surface area contributed by atoms with Crippen LogP contribution >= 0.6 is 11.6 Å². The molecule has 3 aromatic rings. The van der Waals surface area contributed by atoms with Crippen molar-refractivity contribution < 1.29 is 33.0 Å². The van der Waals surface area contributed by atoms with Gasteiger partial charge in [0.15, 0.2) is 18.2 Å². The molecule has 0 spiro atoms. The number of carbonyl (C=O) groups excluding carboxylic acids is 1. The van der Waals surface area contributed by atoms with Gasteiger partial charge in [0, 0.05) is 23.6 Å². The lowest BCUT2D eigenvalue weighted by molar-refractivity contribution is -0.139. The number of aliphatic carboxylic acids is 1. The van der Waals surface area contributed by atoms with Gasteiger partial charge >= 0.3 is 12.1 Å². The molecule has 0 aromatic heterocycles. The average molecular weight is 502 g/mol. The van der Waals surface area contributed by atoms with Gasteiger partial charge in [0.2, 0.25) is 0 Å². The molecule has 3 aromatic carbocycles. The predicted octanol–water partition coefficient (Wildman–Crippen LogP) is 5.41. The van der Waals surface area contributed by atoms with Gasteiger partial charge in [0.05, 0.1) is 12.6 Å². The fraction of sp³-hybridized carbons (Fsp3) is 0.231. The molecule has 6 nitrogen and oxygen atoms in total. The molecule has 0 radical (unpaired) electrons. The van der Waals surface area contributed by atoms with Gasteiger partial charge in [-0.2, -0.15) is 0 Å². The first-order chi connectivity index (χ1) is 16.8. The summed E-state index contributed by atoms with van der Waals surface area (Å²) in [7, 11) is 0. The van der Waals surface area contributed by atoms with Crippen LogP contribution in [0.25, 0.3) is 0 Å². The van der Waals surface area contributed by atoms with Gasteiger partial charge in [0.1, 0.15) is 5.75 Å².